The zero-order chi connectivity index (χ0) is 13.3. The van der Waals surface area contributed by atoms with Crippen LogP contribution < -0.4 is 11.1 Å². The van der Waals surface area contributed by atoms with Crippen LogP contribution in [0.4, 0.5) is 25.8 Å². The topological polar surface area (TPSA) is 38.0 Å². The van der Waals surface area contributed by atoms with Gasteiger partial charge in [0.25, 0.3) is 0 Å². The van der Waals surface area contributed by atoms with Crippen molar-refractivity contribution in [2.45, 2.75) is 6.92 Å². The van der Waals surface area contributed by atoms with Crippen LogP contribution in [0.25, 0.3) is 0 Å². The molecule has 18 heavy (non-hydrogen) atoms. The number of anilines is 3. The van der Waals surface area contributed by atoms with Gasteiger partial charge < -0.3 is 11.1 Å². The van der Waals surface area contributed by atoms with Crippen molar-refractivity contribution in [1.29, 1.82) is 0 Å². The van der Waals surface area contributed by atoms with Gasteiger partial charge >= 0.3 is 0 Å². The normalized spacial score (nSPS) is 10.4. The Morgan fingerprint density at radius 3 is 2.50 bits per heavy atom. The predicted octanol–water partition coefficient (Wildman–Crippen LogP) is 4.25. The molecule has 2 aromatic rings. The van der Waals surface area contributed by atoms with Crippen molar-refractivity contribution in [3.8, 4) is 0 Å². The fourth-order valence-electron chi connectivity index (χ4n) is 1.53. The highest BCUT2D eigenvalue weighted by atomic mass is 35.5. The maximum absolute atomic E-state index is 13.4. The van der Waals surface area contributed by atoms with E-state index >= 15 is 0 Å². The van der Waals surface area contributed by atoms with Crippen molar-refractivity contribution in [3.05, 3.63) is 52.6 Å². The summed E-state index contributed by atoms with van der Waals surface area (Å²) in [6.07, 6.45) is 0. The van der Waals surface area contributed by atoms with Gasteiger partial charge in [-0.1, -0.05) is 11.6 Å². The summed E-state index contributed by atoms with van der Waals surface area (Å²) in [7, 11) is 0. The third-order valence-corrected chi connectivity index (χ3v) is 2.84. The van der Waals surface area contributed by atoms with Crippen LogP contribution in [0.5, 0.6) is 0 Å². The van der Waals surface area contributed by atoms with Crippen molar-refractivity contribution in [2.24, 2.45) is 0 Å². The number of nitrogens with one attached hydrogen (secondary N) is 1. The van der Waals surface area contributed by atoms with Gasteiger partial charge in [0.2, 0.25) is 0 Å². The lowest BCUT2D eigenvalue weighted by molar-refractivity contribution is 0.619. The van der Waals surface area contributed by atoms with Crippen molar-refractivity contribution < 1.29 is 8.78 Å². The number of benzene rings is 2. The minimum absolute atomic E-state index is 0.229. The summed E-state index contributed by atoms with van der Waals surface area (Å²) >= 11 is 5.99. The van der Waals surface area contributed by atoms with E-state index in [0.29, 0.717) is 22.0 Å². The second-order valence-corrected chi connectivity index (χ2v) is 4.35. The molecule has 2 aromatic carbocycles. The Morgan fingerprint density at radius 1 is 1.11 bits per heavy atom. The number of hydrogen-bond donors (Lipinski definition) is 2. The van der Waals surface area contributed by atoms with E-state index in [0.717, 1.165) is 0 Å². The first-order valence-electron chi connectivity index (χ1n) is 5.25. The van der Waals surface area contributed by atoms with E-state index in [1.54, 1.807) is 6.92 Å². The minimum atomic E-state index is -0.431. The molecule has 0 heterocycles. The summed E-state index contributed by atoms with van der Waals surface area (Å²) in [5.74, 6) is -0.804. The van der Waals surface area contributed by atoms with E-state index in [9.17, 15) is 8.78 Å². The van der Waals surface area contributed by atoms with E-state index < -0.39 is 5.82 Å². The Hall–Kier alpha value is -1.81. The van der Waals surface area contributed by atoms with Gasteiger partial charge in [-0.2, -0.15) is 0 Å². The zero-order valence-corrected chi connectivity index (χ0v) is 10.4. The summed E-state index contributed by atoms with van der Waals surface area (Å²) in [6, 6.07) is 6.70. The maximum atomic E-state index is 13.4. The van der Waals surface area contributed by atoms with E-state index in [1.807, 2.05) is 0 Å². The Kier molecular flexibility index (Phi) is 3.39. The van der Waals surface area contributed by atoms with Crippen LogP contribution in [-0.4, -0.2) is 0 Å². The smallest absolute Gasteiger partial charge is 0.128 e. The third kappa shape index (κ3) is 2.54. The molecule has 0 saturated carbocycles. The van der Waals surface area contributed by atoms with Gasteiger partial charge in [-0.15, -0.1) is 0 Å². The Balaban J connectivity index is 2.37. The Morgan fingerprint density at radius 2 is 1.83 bits per heavy atom. The molecule has 0 amide bonds. The average Bonchev–Trinajstić information content (AvgIpc) is 2.29. The fourth-order valence-corrected chi connectivity index (χ4v) is 1.80. The second-order valence-electron chi connectivity index (χ2n) is 3.94. The highest BCUT2D eigenvalue weighted by Crippen LogP contribution is 2.30. The number of hydrogen-bond acceptors (Lipinski definition) is 2. The highest BCUT2D eigenvalue weighted by Gasteiger charge is 2.08. The van der Waals surface area contributed by atoms with Crippen LogP contribution in [0.3, 0.4) is 0 Å². The quantitative estimate of drug-likeness (QED) is 0.799. The van der Waals surface area contributed by atoms with Gasteiger partial charge in [-0.05, 0) is 42.8 Å². The molecule has 0 saturated heterocycles. The lowest BCUT2D eigenvalue weighted by Gasteiger charge is -2.12. The molecule has 3 N–H and O–H groups in total. The van der Waals surface area contributed by atoms with Crippen molar-refractivity contribution >= 4 is 28.7 Å². The molecule has 0 aliphatic rings. The molecule has 5 heteroatoms. The van der Waals surface area contributed by atoms with Gasteiger partial charge in [-0.3, -0.25) is 0 Å². The monoisotopic (exact) mass is 268 g/mol. The summed E-state index contributed by atoms with van der Waals surface area (Å²) < 4.78 is 26.3. The first-order chi connectivity index (χ1) is 8.47. The molecule has 94 valence electrons. The predicted molar refractivity (Wildman–Crippen MR) is 70.2 cm³/mol. The highest BCUT2D eigenvalue weighted by molar-refractivity contribution is 6.33. The fraction of sp³-hybridized carbons (Fsp3) is 0.0769. The molecule has 0 radical (unpaired) electrons. The lowest BCUT2D eigenvalue weighted by atomic mass is 10.2. The molecule has 0 fully saturated rings. The van der Waals surface area contributed by atoms with Crippen LogP contribution in [0.1, 0.15) is 5.56 Å². The summed E-state index contributed by atoms with van der Waals surface area (Å²) in [5, 5.41) is 3.24. The lowest BCUT2D eigenvalue weighted by Crippen LogP contribution is -1.98. The molecule has 0 atom stereocenters. The summed E-state index contributed by atoms with van der Waals surface area (Å²) in [5.41, 5.74) is 7.19. The van der Waals surface area contributed by atoms with Gasteiger partial charge in [0.05, 0.1) is 22.1 Å². The van der Waals surface area contributed by atoms with Gasteiger partial charge in [0.15, 0.2) is 0 Å². The number of rotatable bonds is 2. The molecule has 0 spiro atoms. The van der Waals surface area contributed by atoms with Crippen molar-refractivity contribution in [3.63, 3.8) is 0 Å². The van der Waals surface area contributed by atoms with Crippen molar-refractivity contribution in [1.82, 2.24) is 0 Å². The molecule has 0 aromatic heterocycles. The van der Waals surface area contributed by atoms with Gasteiger partial charge in [0, 0.05) is 0 Å². The minimum Gasteiger partial charge on any atom is -0.397 e. The van der Waals surface area contributed by atoms with Crippen LogP contribution in [0.15, 0.2) is 30.3 Å². The summed E-state index contributed by atoms with van der Waals surface area (Å²) in [6.45, 7) is 1.62. The largest absolute Gasteiger partial charge is 0.397 e. The molecular weight excluding hydrogens is 258 g/mol. The Bertz CT molecular complexity index is 600. The number of halogens is 3. The van der Waals surface area contributed by atoms with E-state index in [4.69, 9.17) is 17.3 Å². The van der Waals surface area contributed by atoms with Crippen LogP contribution in [0, 0.1) is 18.6 Å². The zero-order valence-electron chi connectivity index (χ0n) is 9.60. The molecular formula is C13H11ClF2N2. The van der Waals surface area contributed by atoms with Gasteiger partial charge in [-0.25, -0.2) is 8.78 Å². The van der Waals surface area contributed by atoms with Crippen LogP contribution in [0.2, 0.25) is 5.02 Å². The molecule has 0 bridgehead atoms. The van der Waals surface area contributed by atoms with E-state index in [2.05, 4.69) is 5.32 Å². The Labute approximate surface area is 108 Å². The van der Waals surface area contributed by atoms with Crippen molar-refractivity contribution in [2.75, 3.05) is 11.1 Å². The van der Waals surface area contributed by atoms with Gasteiger partial charge in [0.1, 0.15) is 11.6 Å². The molecule has 0 aliphatic heterocycles. The molecule has 0 aliphatic carbocycles. The van der Waals surface area contributed by atoms with Crippen LogP contribution in [-0.2, 0) is 0 Å². The SMILES string of the molecule is Cc1cc(Cl)c(Nc2ccc(F)cc2N)cc1F. The number of nitrogens with two attached hydrogens (primary N) is 1. The molecule has 0 unspecified atom stereocenters. The average molecular weight is 269 g/mol. The first kappa shape index (κ1) is 12.6. The number of aryl methyl sites for hydroxylation is 1. The molecule has 2 rings (SSSR count). The van der Waals surface area contributed by atoms with Crippen LogP contribution >= 0.6 is 11.6 Å². The third-order valence-electron chi connectivity index (χ3n) is 2.53. The van der Waals surface area contributed by atoms with E-state index in [-0.39, 0.29) is 11.5 Å². The van der Waals surface area contributed by atoms with E-state index in [1.165, 1.54) is 30.3 Å². The standard InChI is InChI=1S/C13H11ClF2N2/c1-7-4-9(14)13(6-10(7)16)18-12-3-2-8(15)5-11(12)17/h2-6,18H,17H2,1H3. The first-order valence-corrected chi connectivity index (χ1v) is 5.63. The maximum Gasteiger partial charge on any atom is 0.128 e. The summed E-state index contributed by atoms with van der Waals surface area (Å²) in [4.78, 5) is 0. The molecule has 2 nitrogen and oxygen atoms in total. The second kappa shape index (κ2) is 4.82. The number of nitrogen functional groups attached to an aromatic ring is 1.